The Morgan fingerprint density at radius 2 is 1.81 bits per heavy atom. The zero-order valence-electron chi connectivity index (χ0n) is 16.2. The van der Waals surface area contributed by atoms with Crippen molar-refractivity contribution in [1.82, 2.24) is 25.2 Å². The highest BCUT2D eigenvalue weighted by molar-refractivity contribution is 7.99. The summed E-state index contributed by atoms with van der Waals surface area (Å²) in [6.07, 6.45) is -1.36. The van der Waals surface area contributed by atoms with Crippen molar-refractivity contribution in [2.24, 2.45) is 0 Å². The minimum absolute atomic E-state index is 0.168. The van der Waals surface area contributed by atoms with Crippen LogP contribution in [-0.2, 0) is 17.5 Å². The van der Waals surface area contributed by atoms with E-state index in [0.717, 1.165) is 21.8 Å². The lowest BCUT2D eigenvalue weighted by molar-refractivity contribution is -0.137. The Morgan fingerprint density at radius 1 is 1.00 bits per heavy atom. The number of anilines is 2. The van der Waals surface area contributed by atoms with Gasteiger partial charge in [0, 0.05) is 27.7 Å². The van der Waals surface area contributed by atoms with Gasteiger partial charge >= 0.3 is 6.18 Å². The number of hydrogen-bond donors (Lipinski definition) is 0. The summed E-state index contributed by atoms with van der Waals surface area (Å²) in [7, 11) is 0. The predicted molar refractivity (Wildman–Crippen MR) is 110 cm³/mol. The summed E-state index contributed by atoms with van der Waals surface area (Å²) in [5.41, 5.74) is 0.473. The second kappa shape index (κ2) is 7.75. The van der Waals surface area contributed by atoms with Gasteiger partial charge in [-0.25, -0.2) is 0 Å². The molecule has 1 aliphatic heterocycles. The van der Waals surface area contributed by atoms with E-state index in [-0.39, 0.29) is 12.2 Å². The molecule has 160 valence electrons. The molecule has 11 heteroatoms. The van der Waals surface area contributed by atoms with Crippen molar-refractivity contribution in [2.45, 2.75) is 22.5 Å². The van der Waals surface area contributed by atoms with Crippen molar-refractivity contribution in [3.8, 4) is 11.4 Å². The number of hydrogen-bond acceptors (Lipinski definition) is 6. The summed E-state index contributed by atoms with van der Waals surface area (Å²) < 4.78 is 40.0. The van der Waals surface area contributed by atoms with E-state index >= 15 is 0 Å². The van der Waals surface area contributed by atoms with Crippen LogP contribution in [0.2, 0.25) is 0 Å². The number of pyridine rings is 1. The average Bonchev–Trinajstić information content (AvgIpc) is 3.25. The van der Waals surface area contributed by atoms with Crippen LogP contribution >= 0.6 is 11.8 Å². The van der Waals surface area contributed by atoms with Gasteiger partial charge in [0.05, 0.1) is 16.9 Å². The van der Waals surface area contributed by atoms with Crippen LogP contribution in [0.3, 0.4) is 0 Å². The van der Waals surface area contributed by atoms with Gasteiger partial charge < -0.3 is 0 Å². The molecule has 0 spiro atoms. The molecule has 1 aliphatic rings. The molecule has 0 saturated heterocycles. The molecule has 7 nitrogen and oxygen atoms in total. The van der Waals surface area contributed by atoms with Gasteiger partial charge in [-0.2, -0.15) is 18.0 Å². The molecule has 0 saturated carbocycles. The number of nitrogens with zero attached hydrogens (tertiary/aromatic N) is 6. The summed E-state index contributed by atoms with van der Waals surface area (Å²) in [4.78, 5) is 21.0. The van der Waals surface area contributed by atoms with E-state index in [1.807, 2.05) is 12.1 Å². The number of alkyl halides is 3. The van der Waals surface area contributed by atoms with E-state index in [2.05, 4.69) is 20.4 Å². The largest absolute Gasteiger partial charge is 0.416 e. The molecule has 4 aromatic rings. The van der Waals surface area contributed by atoms with Crippen molar-refractivity contribution in [1.29, 1.82) is 0 Å². The van der Waals surface area contributed by atoms with Gasteiger partial charge in [-0.3, -0.25) is 14.7 Å². The summed E-state index contributed by atoms with van der Waals surface area (Å²) in [5, 5.41) is 12.1. The molecule has 5 rings (SSSR count). The molecule has 0 N–H and O–H groups in total. The molecule has 0 bridgehead atoms. The van der Waals surface area contributed by atoms with Gasteiger partial charge in [-0.1, -0.05) is 23.9 Å². The Bertz CT molecular complexity index is 1310. The highest BCUT2D eigenvalue weighted by Gasteiger charge is 2.35. The molecule has 1 amide bonds. The molecule has 3 heterocycles. The summed E-state index contributed by atoms with van der Waals surface area (Å²) >= 11 is 1.31. The highest BCUT2D eigenvalue weighted by atomic mass is 32.2. The van der Waals surface area contributed by atoms with Crippen LogP contribution in [0, 0.1) is 0 Å². The van der Waals surface area contributed by atoms with Gasteiger partial charge in [0.2, 0.25) is 5.82 Å². The van der Waals surface area contributed by atoms with Crippen LogP contribution in [-0.4, -0.2) is 31.1 Å². The maximum absolute atomic E-state index is 13.3. The maximum atomic E-state index is 13.3. The molecular weight excluding hydrogens is 441 g/mol. The monoisotopic (exact) mass is 454 g/mol. The van der Waals surface area contributed by atoms with Gasteiger partial charge in [-0.05, 0) is 47.7 Å². The van der Waals surface area contributed by atoms with Gasteiger partial charge in [0.15, 0.2) is 0 Å². The number of tetrazole rings is 1. The van der Waals surface area contributed by atoms with E-state index in [4.69, 9.17) is 0 Å². The van der Waals surface area contributed by atoms with Crippen molar-refractivity contribution in [3.05, 3.63) is 72.6 Å². The number of benzene rings is 2. The molecule has 2 aromatic carbocycles. The van der Waals surface area contributed by atoms with Gasteiger partial charge in [0.25, 0.3) is 5.91 Å². The number of carbonyl (C=O) groups excluding carboxylic acids is 1. The standard InChI is InChI=1S/C21H13F3N6OS/c22-21(23,24)14-7-8-18-16(10-14)30(15-5-1-2-6-17(15)32-18)19(31)12-29-27-20(26-28-29)13-4-3-9-25-11-13/h1-11H,12H2. The van der Waals surface area contributed by atoms with Gasteiger partial charge in [-0.15, -0.1) is 10.2 Å². The van der Waals surface area contributed by atoms with Crippen molar-refractivity contribution >= 4 is 29.0 Å². The first-order valence-corrected chi connectivity index (χ1v) is 10.2. The zero-order valence-corrected chi connectivity index (χ0v) is 17.0. The number of amides is 1. The summed E-state index contributed by atoms with van der Waals surface area (Å²) in [6, 6.07) is 13.9. The molecule has 32 heavy (non-hydrogen) atoms. The van der Waals surface area contributed by atoms with Crippen LogP contribution < -0.4 is 4.90 Å². The average molecular weight is 454 g/mol. The molecule has 0 aliphatic carbocycles. The Kier molecular flexibility index (Phi) is 4.89. The lowest BCUT2D eigenvalue weighted by Gasteiger charge is -2.31. The number of rotatable bonds is 3. The normalized spacial score (nSPS) is 12.9. The summed E-state index contributed by atoms with van der Waals surface area (Å²) in [5.74, 6) is -0.200. The lowest BCUT2D eigenvalue weighted by Crippen LogP contribution is -2.32. The molecule has 2 aromatic heterocycles. The van der Waals surface area contributed by atoms with E-state index in [1.54, 1.807) is 36.7 Å². The maximum Gasteiger partial charge on any atom is 0.416 e. The first kappa shape index (κ1) is 20.2. The third-order valence-corrected chi connectivity index (χ3v) is 5.88. The van der Waals surface area contributed by atoms with Crippen molar-refractivity contribution in [2.75, 3.05) is 4.90 Å². The van der Waals surface area contributed by atoms with Crippen molar-refractivity contribution in [3.63, 3.8) is 0 Å². The predicted octanol–water partition coefficient (Wildman–Crippen LogP) is 4.58. The zero-order chi connectivity index (χ0) is 22.3. The molecule has 0 unspecified atom stereocenters. The van der Waals surface area contributed by atoms with Gasteiger partial charge in [0.1, 0.15) is 6.54 Å². The van der Waals surface area contributed by atoms with Crippen LogP contribution in [0.5, 0.6) is 0 Å². The minimum Gasteiger partial charge on any atom is -0.277 e. The first-order valence-electron chi connectivity index (χ1n) is 9.39. The van der Waals surface area contributed by atoms with Crippen LogP contribution in [0.1, 0.15) is 5.56 Å². The van der Waals surface area contributed by atoms with E-state index in [9.17, 15) is 18.0 Å². The van der Waals surface area contributed by atoms with E-state index in [0.29, 0.717) is 22.0 Å². The minimum atomic E-state index is -4.53. The third kappa shape index (κ3) is 3.71. The van der Waals surface area contributed by atoms with Crippen LogP contribution in [0.15, 0.2) is 76.8 Å². The third-order valence-electron chi connectivity index (χ3n) is 4.75. The Balaban J connectivity index is 1.51. The molecule has 0 radical (unpaired) electrons. The first-order chi connectivity index (χ1) is 15.4. The fraction of sp³-hybridized carbons (Fsp3) is 0.0952. The number of halogens is 3. The Labute approximate surface area is 183 Å². The van der Waals surface area contributed by atoms with E-state index in [1.165, 1.54) is 22.7 Å². The topological polar surface area (TPSA) is 76.8 Å². The van der Waals surface area contributed by atoms with Crippen LogP contribution in [0.25, 0.3) is 11.4 Å². The molecular formula is C21H13F3N6OS. The number of para-hydroxylation sites is 1. The SMILES string of the molecule is O=C(Cn1nnc(-c2cccnc2)n1)N1c2ccccc2Sc2ccc(C(F)(F)F)cc21. The smallest absolute Gasteiger partial charge is 0.277 e. The Morgan fingerprint density at radius 3 is 2.59 bits per heavy atom. The van der Waals surface area contributed by atoms with E-state index < -0.39 is 17.6 Å². The fourth-order valence-corrected chi connectivity index (χ4v) is 4.35. The van der Waals surface area contributed by atoms with Crippen LogP contribution in [0.4, 0.5) is 24.5 Å². The molecule has 0 fully saturated rings. The second-order valence-electron chi connectivity index (χ2n) is 6.86. The highest BCUT2D eigenvalue weighted by Crippen LogP contribution is 2.49. The van der Waals surface area contributed by atoms with Crippen molar-refractivity contribution < 1.29 is 18.0 Å². The summed E-state index contributed by atoms with van der Waals surface area (Å²) in [6.45, 7) is -0.304. The Hall–Kier alpha value is -3.73. The second-order valence-corrected chi connectivity index (χ2v) is 7.95. The number of fused-ring (bicyclic) bond motifs is 2. The quantitative estimate of drug-likeness (QED) is 0.451. The number of carbonyl (C=O) groups is 1. The fourth-order valence-electron chi connectivity index (χ4n) is 3.31. The lowest BCUT2D eigenvalue weighted by atomic mass is 10.1. The molecule has 0 atom stereocenters. The number of aromatic nitrogens is 5.